The van der Waals surface area contributed by atoms with Crippen molar-refractivity contribution in [2.45, 2.75) is 103 Å². The smallest absolute Gasteiger partial charge is 0.305 e. The Morgan fingerprint density at radius 1 is 0.538 bits per heavy atom. The molecule has 0 aromatic heterocycles. The Morgan fingerprint density at radius 2 is 0.846 bits per heavy atom. The van der Waals surface area contributed by atoms with Gasteiger partial charge in [0.15, 0.2) is 0 Å². The molecule has 0 saturated heterocycles. The first-order valence-corrected chi connectivity index (χ1v) is 10.5. The number of hydrogen-bond donors (Lipinski definition) is 0. The van der Waals surface area contributed by atoms with Crippen LogP contribution in [-0.4, -0.2) is 26.2 Å². The molecule has 0 aromatic carbocycles. The standard InChI is InChI=1S/C22H40O4/c1-25-21(23)19-17-15-13-11-9-7-5-3-4-6-8-10-12-14-16-18-20-22(24)26-2/h7,9H,3-6,8,10-20H2,1-2H3/b9-7+. The number of unbranched alkanes of at least 4 members (excludes halogenated alkanes) is 12. The van der Waals surface area contributed by atoms with Gasteiger partial charge in [0.1, 0.15) is 0 Å². The monoisotopic (exact) mass is 368 g/mol. The molecule has 0 aliphatic heterocycles. The molecule has 0 aromatic rings. The maximum absolute atomic E-state index is 11.0. The van der Waals surface area contributed by atoms with Gasteiger partial charge < -0.3 is 9.47 Å². The predicted molar refractivity (Wildman–Crippen MR) is 107 cm³/mol. The highest BCUT2D eigenvalue weighted by molar-refractivity contribution is 5.69. The molecule has 0 radical (unpaired) electrons. The van der Waals surface area contributed by atoms with E-state index in [4.69, 9.17) is 0 Å². The van der Waals surface area contributed by atoms with E-state index in [1.807, 2.05) is 0 Å². The summed E-state index contributed by atoms with van der Waals surface area (Å²) in [4.78, 5) is 21.9. The highest BCUT2D eigenvalue weighted by Gasteiger charge is 1.99. The van der Waals surface area contributed by atoms with Gasteiger partial charge in [-0.15, -0.1) is 0 Å². The molecular weight excluding hydrogens is 328 g/mol. The van der Waals surface area contributed by atoms with E-state index in [1.165, 1.54) is 65.6 Å². The highest BCUT2D eigenvalue weighted by atomic mass is 16.5. The van der Waals surface area contributed by atoms with Crippen molar-refractivity contribution in [3.05, 3.63) is 12.2 Å². The van der Waals surface area contributed by atoms with Crippen LogP contribution in [-0.2, 0) is 19.1 Å². The third-order valence-corrected chi connectivity index (χ3v) is 4.63. The molecule has 0 fully saturated rings. The summed E-state index contributed by atoms with van der Waals surface area (Å²) in [6.45, 7) is 0. The average molecular weight is 369 g/mol. The van der Waals surface area contributed by atoms with E-state index in [1.54, 1.807) is 0 Å². The van der Waals surface area contributed by atoms with Crippen molar-refractivity contribution in [1.82, 2.24) is 0 Å². The van der Waals surface area contributed by atoms with Gasteiger partial charge in [0.25, 0.3) is 0 Å². The zero-order valence-electron chi connectivity index (χ0n) is 17.1. The minimum absolute atomic E-state index is 0.0855. The molecule has 0 rings (SSSR count). The van der Waals surface area contributed by atoms with Crippen LogP contribution < -0.4 is 0 Å². The molecule has 26 heavy (non-hydrogen) atoms. The molecule has 0 aliphatic carbocycles. The SMILES string of the molecule is COC(=O)CCCCC/C=C/CCCCCCCCCCCC(=O)OC. The van der Waals surface area contributed by atoms with Crippen molar-refractivity contribution in [3.8, 4) is 0 Å². The fourth-order valence-electron chi connectivity index (χ4n) is 2.92. The number of carbonyl (C=O) groups is 2. The average Bonchev–Trinajstić information content (AvgIpc) is 2.66. The molecule has 0 unspecified atom stereocenters. The molecule has 0 heterocycles. The van der Waals surface area contributed by atoms with Gasteiger partial charge in [0, 0.05) is 12.8 Å². The quantitative estimate of drug-likeness (QED) is 0.166. The minimum Gasteiger partial charge on any atom is -0.469 e. The highest BCUT2D eigenvalue weighted by Crippen LogP contribution is 2.12. The number of esters is 2. The lowest BCUT2D eigenvalue weighted by molar-refractivity contribution is -0.141. The third-order valence-electron chi connectivity index (χ3n) is 4.63. The Morgan fingerprint density at radius 3 is 1.23 bits per heavy atom. The molecule has 0 N–H and O–H groups in total. The van der Waals surface area contributed by atoms with Gasteiger partial charge >= 0.3 is 11.9 Å². The van der Waals surface area contributed by atoms with Crippen LogP contribution in [0.15, 0.2) is 12.2 Å². The van der Waals surface area contributed by atoms with Crippen LogP contribution in [0.4, 0.5) is 0 Å². The van der Waals surface area contributed by atoms with Gasteiger partial charge in [-0.25, -0.2) is 0 Å². The van der Waals surface area contributed by atoms with Crippen LogP contribution in [0, 0.1) is 0 Å². The third kappa shape index (κ3) is 19.0. The first kappa shape index (κ1) is 24.7. The van der Waals surface area contributed by atoms with Crippen molar-refractivity contribution < 1.29 is 19.1 Å². The minimum atomic E-state index is -0.0980. The summed E-state index contributed by atoms with van der Waals surface area (Å²) in [7, 11) is 2.90. The summed E-state index contributed by atoms with van der Waals surface area (Å²) < 4.78 is 9.25. The predicted octanol–water partition coefficient (Wildman–Crippen LogP) is 6.13. The normalized spacial score (nSPS) is 11.0. The largest absolute Gasteiger partial charge is 0.469 e. The zero-order valence-corrected chi connectivity index (χ0v) is 17.1. The van der Waals surface area contributed by atoms with Gasteiger partial charge in [-0.1, -0.05) is 63.5 Å². The van der Waals surface area contributed by atoms with Crippen molar-refractivity contribution in [3.63, 3.8) is 0 Å². The maximum Gasteiger partial charge on any atom is 0.305 e. The summed E-state index contributed by atoms with van der Waals surface area (Å²) in [5, 5.41) is 0. The van der Waals surface area contributed by atoms with Crippen molar-refractivity contribution in [1.29, 1.82) is 0 Å². The fraction of sp³-hybridized carbons (Fsp3) is 0.818. The summed E-state index contributed by atoms with van der Waals surface area (Å²) in [6, 6.07) is 0. The molecular formula is C22H40O4. The molecule has 4 heteroatoms. The lowest BCUT2D eigenvalue weighted by Crippen LogP contribution is -1.99. The lowest BCUT2D eigenvalue weighted by Gasteiger charge is -2.02. The second-order valence-corrected chi connectivity index (χ2v) is 6.94. The van der Waals surface area contributed by atoms with Gasteiger partial charge in [-0.3, -0.25) is 9.59 Å². The van der Waals surface area contributed by atoms with E-state index in [2.05, 4.69) is 21.6 Å². The first-order chi connectivity index (χ1) is 12.7. The Kier molecular flexibility index (Phi) is 19.0. The number of ether oxygens (including phenoxy) is 2. The molecule has 152 valence electrons. The summed E-state index contributed by atoms with van der Waals surface area (Å²) in [5.41, 5.74) is 0. The second kappa shape index (κ2) is 20.0. The van der Waals surface area contributed by atoms with E-state index in [-0.39, 0.29) is 11.9 Å². The Bertz CT molecular complexity index is 363. The Labute approximate surface area is 160 Å². The van der Waals surface area contributed by atoms with Crippen LogP contribution >= 0.6 is 0 Å². The van der Waals surface area contributed by atoms with E-state index in [0.717, 1.165) is 38.5 Å². The number of hydrogen-bond acceptors (Lipinski definition) is 4. The molecule has 0 spiro atoms. The molecule has 4 nitrogen and oxygen atoms in total. The molecule has 0 amide bonds. The Hall–Kier alpha value is -1.32. The van der Waals surface area contributed by atoms with Gasteiger partial charge in [-0.2, -0.15) is 0 Å². The lowest BCUT2D eigenvalue weighted by atomic mass is 10.1. The van der Waals surface area contributed by atoms with Crippen LogP contribution in [0.3, 0.4) is 0 Å². The fourth-order valence-corrected chi connectivity index (χ4v) is 2.92. The number of methoxy groups -OCH3 is 2. The summed E-state index contributed by atoms with van der Waals surface area (Å²) >= 11 is 0. The zero-order chi connectivity index (χ0) is 19.3. The van der Waals surface area contributed by atoms with Crippen LogP contribution in [0.5, 0.6) is 0 Å². The van der Waals surface area contributed by atoms with Gasteiger partial charge in [0.2, 0.25) is 0 Å². The van der Waals surface area contributed by atoms with Gasteiger partial charge in [-0.05, 0) is 38.5 Å². The van der Waals surface area contributed by atoms with E-state index in [9.17, 15) is 9.59 Å². The van der Waals surface area contributed by atoms with Gasteiger partial charge in [0.05, 0.1) is 14.2 Å². The van der Waals surface area contributed by atoms with Crippen molar-refractivity contribution >= 4 is 11.9 Å². The van der Waals surface area contributed by atoms with E-state index < -0.39 is 0 Å². The van der Waals surface area contributed by atoms with Crippen LogP contribution in [0.25, 0.3) is 0 Å². The molecule has 0 bridgehead atoms. The topological polar surface area (TPSA) is 52.6 Å². The molecule has 0 atom stereocenters. The van der Waals surface area contributed by atoms with Crippen molar-refractivity contribution in [2.75, 3.05) is 14.2 Å². The first-order valence-electron chi connectivity index (χ1n) is 10.5. The summed E-state index contributed by atoms with van der Waals surface area (Å²) in [5.74, 6) is -0.184. The second-order valence-electron chi connectivity index (χ2n) is 6.94. The van der Waals surface area contributed by atoms with E-state index >= 15 is 0 Å². The maximum atomic E-state index is 11.0. The number of rotatable bonds is 18. The van der Waals surface area contributed by atoms with Crippen LogP contribution in [0.2, 0.25) is 0 Å². The Balaban J connectivity index is 3.14. The van der Waals surface area contributed by atoms with E-state index in [0.29, 0.717) is 12.8 Å². The number of carbonyl (C=O) groups excluding carboxylic acids is 2. The molecule has 0 saturated carbocycles. The van der Waals surface area contributed by atoms with Crippen molar-refractivity contribution in [2.24, 2.45) is 0 Å². The van der Waals surface area contributed by atoms with Crippen LogP contribution in [0.1, 0.15) is 103 Å². The number of allylic oxidation sites excluding steroid dienone is 2. The summed E-state index contributed by atoms with van der Waals surface area (Å²) in [6.07, 6.45) is 22.4. The molecule has 0 aliphatic rings.